The van der Waals surface area contributed by atoms with Crippen molar-refractivity contribution in [1.29, 1.82) is 0 Å². The van der Waals surface area contributed by atoms with Crippen LogP contribution in [-0.2, 0) is 17.9 Å². The van der Waals surface area contributed by atoms with Crippen molar-refractivity contribution in [3.05, 3.63) is 23.2 Å². The molecule has 0 fully saturated rings. The van der Waals surface area contributed by atoms with Crippen LogP contribution in [0.4, 0.5) is 8.78 Å². The molecule has 0 aliphatic carbocycles. The molecule has 0 unspecified atom stereocenters. The topological polar surface area (TPSA) is 34.4 Å². The number of nitrogens with one attached hydrogen (secondary N) is 1. The fraction of sp³-hybridized carbons (Fsp3) is 0.667. The van der Waals surface area contributed by atoms with Crippen molar-refractivity contribution in [2.45, 2.75) is 39.8 Å². The number of aryl methyl sites for hydroxylation is 1. The number of rotatable bonds is 8. The Kier molecular flexibility index (Phi) is 6.15. The van der Waals surface area contributed by atoms with E-state index in [1.165, 1.54) is 0 Å². The predicted molar refractivity (Wildman–Crippen MR) is 61.1 cm³/mol. The van der Waals surface area contributed by atoms with Gasteiger partial charge in [-0.3, -0.25) is 0 Å². The van der Waals surface area contributed by atoms with Gasteiger partial charge in [0.2, 0.25) is 0 Å². The lowest BCUT2D eigenvalue weighted by Crippen LogP contribution is -2.13. The predicted octanol–water partition coefficient (Wildman–Crippen LogP) is 2.87. The minimum absolute atomic E-state index is 0.0962. The third-order valence-corrected chi connectivity index (χ3v) is 2.27. The van der Waals surface area contributed by atoms with Gasteiger partial charge in [-0.25, -0.2) is 8.78 Å². The van der Waals surface area contributed by atoms with Gasteiger partial charge < -0.3 is 14.5 Å². The highest BCUT2D eigenvalue weighted by molar-refractivity contribution is 5.19. The third kappa shape index (κ3) is 5.28. The monoisotopic (exact) mass is 247 g/mol. The molecule has 0 saturated carbocycles. The molecule has 0 bridgehead atoms. The molecule has 3 nitrogen and oxygen atoms in total. The van der Waals surface area contributed by atoms with Crippen LogP contribution >= 0.6 is 0 Å². The van der Waals surface area contributed by atoms with E-state index in [9.17, 15) is 8.78 Å². The van der Waals surface area contributed by atoms with E-state index in [0.717, 1.165) is 24.3 Å². The normalized spacial score (nSPS) is 11.4. The van der Waals surface area contributed by atoms with E-state index in [1.54, 1.807) is 0 Å². The second-order valence-corrected chi connectivity index (χ2v) is 3.90. The quantitative estimate of drug-likeness (QED) is 0.717. The Hall–Kier alpha value is -0.940. The lowest BCUT2D eigenvalue weighted by Gasteiger charge is -2.01. The number of hydrogen-bond acceptors (Lipinski definition) is 3. The first-order valence-corrected chi connectivity index (χ1v) is 5.78. The second kappa shape index (κ2) is 7.40. The molecule has 1 N–H and O–H groups in total. The first-order chi connectivity index (χ1) is 8.13. The van der Waals surface area contributed by atoms with Crippen molar-refractivity contribution < 1.29 is 17.9 Å². The second-order valence-electron chi connectivity index (χ2n) is 3.90. The Morgan fingerprint density at radius 2 is 2.24 bits per heavy atom. The third-order valence-electron chi connectivity index (χ3n) is 2.27. The largest absolute Gasteiger partial charge is 0.462 e. The van der Waals surface area contributed by atoms with Crippen LogP contribution in [0.3, 0.4) is 0 Å². The highest BCUT2D eigenvalue weighted by Gasteiger charge is 2.08. The number of hydrogen-bond donors (Lipinski definition) is 1. The summed E-state index contributed by atoms with van der Waals surface area (Å²) in [6.07, 6.45) is -1.37. The van der Waals surface area contributed by atoms with Crippen LogP contribution in [0.2, 0.25) is 0 Å². The molecule has 0 spiro atoms. The SMILES string of the molecule is CCCNCc1oc(COCC(F)F)cc1C. The summed E-state index contributed by atoms with van der Waals surface area (Å²) in [6.45, 7) is 5.16. The molecule has 1 rings (SSSR count). The van der Waals surface area contributed by atoms with E-state index in [0.29, 0.717) is 12.3 Å². The van der Waals surface area contributed by atoms with Gasteiger partial charge in [0.25, 0.3) is 6.43 Å². The molecule has 0 saturated heterocycles. The lowest BCUT2D eigenvalue weighted by molar-refractivity contribution is 0.00427. The Bertz CT molecular complexity index is 326. The molecule has 0 aliphatic heterocycles. The van der Waals surface area contributed by atoms with Gasteiger partial charge in [0.1, 0.15) is 24.7 Å². The van der Waals surface area contributed by atoms with Gasteiger partial charge in [-0.1, -0.05) is 6.92 Å². The minimum atomic E-state index is -2.43. The van der Waals surface area contributed by atoms with Crippen LogP contribution in [0.5, 0.6) is 0 Å². The van der Waals surface area contributed by atoms with E-state index in [2.05, 4.69) is 12.2 Å². The van der Waals surface area contributed by atoms with Crippen molar-refractivity contribution in [1.82, 2.24) is 5.32 Å². The van der Waals surface area contributed by atoms with Crippen molar-refractivity contribution in [3.63, 3.8) is 0 Å². The van der Waals surface area contributed by atoms with Crippen LogP contribution < -0.4 is 5.32 Å². The summed E-state index contributed by atoms with van der Waals surface area (Å²) in [5.74, 6) is 1.44. The van der Waals surface area contributed by atoms with Gasteiger partial charge in [-0.05, 0) is 31.5 Å². The van der Waals surface area contributed by atoms with Gasteiger partial charge in [-0.15, -0.1) is 0 Å². The van der Waals surface area contributed by atoms with Crippen LogP contribution in [0.25, 0.3) is 0 Å². The summed E-state index contributed by atoms with van der Waals surface area (Å²) in [6, 6.07) is 1.83. The first kappa shape index (κ1) is 14.1. The van der Waals surface area contributed by atoms with Crippen molar-refractivity contribution in [2.24, 2.45) is 0 Å². The van der Waals surface area contributed by atoms with E-state index >= 15 is 0 Å². The summed E-state index contributed by atoms with van der Waals surface area (Å²) in [5.41, 5.74) is 1.02. The maximum atomic E-state index is 11.9. The summed E-state index contributed by atoms with van der Waals surface area (Å²) in [4.78, 5) is 0. The Morgan fingerprint density at radius 1 is 1.47 bits per heavy atom. The molecule has 17 heavy (non-hydrogen) atoms. The van der Waals surface area contributed by atoms with E-state index < -0.39 is 13.0 Å². The Balaban J connectivity index is 2.38. The van der Waals surface area contributed by atoms with E-state index in [-0.39, 0.29) is 6.61 Å². The fourth-order valence-corrected chi connectivity index (χ4v) is 1.46. The first-order valence-electron chi connectivity index (χ1n) is 5.78. The average Bonchev–Trinajstić information content (AvgIpc) is 2.59. The summed E-state index contributed by atoms with van der Waals surface area (Å²) >= 11 is 0. The molecule has 0 aromatic carbocycles. The number of ether oxygens (including phenoxy) is 1. The van der Waals surface area contributed by atoms with Gasteiger partial charge in [-0.2, -0.15) is 0 Å². The van der Waals surface area contributed by atoms with Crippen molar-refractivity contribution in [2.75, 3.05) is 13.2 Å². The van der Waals surface area contributed by atoms with Crippen LogP contribution in [0, 0.1) is 6.92 Å². The Labute approximate surface area is 100 Å². The number of halogens is 2. The van der Waals surface area contributed by atoms with Crippen LogP contribution in [-0.4, -0.2) is 19.6 Å². The molecular weight excluding hydrogens is 228 g/mol. The zero-order valence-corrected chi connectivity index (χ0v) is 10.3. The molecule has 98 valence electrons. The number of alkyl halides is 2. The highest BCUT2D eigenvalue weighted by Crippen LogP contribution is 2.15. The lowest BCUT2D eigenvalue weighted by atomic mass is 10.2. The van der Waals surface area contributed by atoms with Crippen LogP contribution in [0.15, 0.2) is 10.5 Å². The highest BCUT2D eigenvalue weighted by atomic mass is 19.3. The number of furan rings is 1. The molecule has 0 amide bonds. The zero-order chi connectivity index (χ0) is 12.7. The summed E-state index contributed by atoms with van der Waals surface area (Å²) in [7, 11) is 0. The minimum Gasteiger partial charge on any atom is -0.462 e. The van der Waals surface area contributed by atoms with E-state index in [1.807, 2.05) is 13.0 Å². The smallest absolute Gasteiger partial charge is 0.261 e. The fourth-order valence-electron chi connectivity index (χ4n) is 1.46. The average molecular weight is 247 g/mol. The Morgan fingerprint density at radius 3 is 2.88 bits per heavy atom. The molecule has 0 radical (unpaired) electrons. The van der Waals surface area contributed by atoms with Crippen molar-refractivity contribution >= 4 is 0 Å². The maximum absolute atomic E-state index is 11.9. The van der Waals surface area contributed by atoms with E-state index in [4.69, 9.17) is 9.15 Å². The van der Waals surface area contributed by atoms with Gasteiger partial charge in [0, 0.05) is 0 Å². The van der Waals surface area contributed by atoms with Crippen LogP contribution in [0.1, 0.15) is 30.4 Å². The molecule has 5 heteroatoms. The van der Waals surface area contributed by atoms with Gasteiger partial charge >= 0.3 is 0 Å². The molecule has 0 aliphatic rings. The molecule has 1 aromatic heterocycles. The standard InChI is InChI=1S/C12H19F2NO2/c1-3-4-15-6-11-9(2)5-10(17-11)7-16-8-12(13)14/h5,12,15H,3-4,6-8H2,1-2H3. The maximum Gasteiger partial charge on any atom is 0.261 e. The summed E-state index contributed by atoms with van der Waals surface area (Å²) in [5, 5.41) is 3.23. The molecule has 1 heterocycles. The molecule has 1 aromatic rings. The zero-order valence-electron chi connectivity index (χ0n) is 10.3. The van der Waals surface area contributed by atoms with Crippen molar-refractivity contribution in [3.8, 4) is 0 Å². The van der Waals surface area contributed by atoms with Gasteiger partial charge in [0.15, 0.2) is 0 Å². The summed E-state index contributed by atoms with van der Waals surface area (Å²) < 4.78 is 34.0. The molecule has 0 atom stereocenters. The van der Waals surface area contributed by atoms with Gasteiger partial charge in [0.05, 0.1) is 6.54 Å². The molecular formula is C12H19F2NO2.